The van der Waals surface area contributed by atoms with Crippen molar-refractivity contribution in [3.63, 3.8) is 0 Å². The van der Waals surface area contributed by atoms with Gasteiger partial charge in [-0.25, -0.2) is 14.8 Å². The summed E-state index contributed by atoms with van der Waals surface area (Å²) in [5.74, 6) is 0.570. The third kappa shape index (κ3) is 4.35. The lowest BCUT2D eigenvalue weighted by Crippen LogP contribution is -2.51. The van der Waals surface area contributed by atoms with Gasteiger partial charge in [0.2, 0.25) is 5.91 Å². The van der Waals surface area contributed by atoms with E-state index in [1.807, 2.05) is 30.9 Å². The van der Waals surface area contributed by atoms with Gasteiger partial charge in [0.25, 0.3) is 0 Å². The van der Waals surface area contributed by atoms with Gasteiger partial charge in [-0.3, -0.25) is 4.79 Å². The Balaban J connectivity index is 1.25. The van der Waals surface area contributed by atoms with E-state index in [0.29, 0.717) is 6.54 Å². The van der Waals surface area contributed by atoms with E-state index < -0.39 is 12.1 Å². The van der Waals surface area contributed by atoms with Gasteiger partial charge >= 0.3 is 6.09 Å². The maximum Gasteiger partial charge on any atom is 0.407 e. The van der Waals surface area contributed by atoms with Crippen molar-refractivity contribution in [2.75, 3.05) is 13.7 Å². The molecule has 0 bridgehead atoms. The molecule has 11 heteroatoms. The summed E-state index contributed by atoms with van der Waals surface area (Å²) in [5.41, 5.74) is 8.37. The normalized spacial score (nSPS) is 16.2. The average Bonchev–Trinajstić information content (AvgIpc) is 3.81. The lowest BCUT2D eigenvalue weighted by atomic mass is 10.0. The van der Waals surface area contributed by atoms with Crippen LogP contribution in [0.25, 0.3) is 53.7 Å². The van der Waals surface area contributed by atoms with Crippen LogP contribution in [-0.4, -0.2) is 56.5 Å². The fraction of sp³-hybridized carbons (Fsp3) is 0.290. The number of methoxy groups -OCH3 is 1. The highest BCUT2D eigenvalue weighted by Gasteiger charge is 2.37. The number of fused-ring (bicyclic) bond motifs is 3. The standard InChI is InChI=1S/C31H30N6O3S2/c1-16(2)24(36-31(39)40-3)30(38)37-12-6-11-23(37)29-34-22-10-5-8-18(26(22)35-29)20-14-42-27-19(13-41-28(20)27)17-7-4-9-21-25(17)33-15-32-21/h4-5,7-10,13-16,23-24H,6,11-12H2,1-3H3,(H,32,33)(H,34,35)(H,36,39). The summed E-state index contributed by atoms with van der Waals surface area (Å²) in [7, 11) is 1.31. The van der Waals surface area contributed by atoms with Gasteiger partial charge in [0.05, 0.1) is 50.9 Å². The zero-order chi connectivity index (χ0) is 29.0. The quantitative estimate of drug-likeness (QED) is 0.189. The van der Waals surface area contributed by atoms with Gasteiger partial charge in [0.1, 0.15) is 11.9 Å². The minimum absolute atomic E-state index is 0.0863. The molecule has 6 aromatic rings. The number of hydrogen-bond donors (Lipinski definition) is 3. The van der Waals surface area contributed by atoms with Crippen LogP contribution >= 0.6 is 22.7 Å². The van der Waals surface area contributed by atoms with Crippen LogP contribution in [-0.2, 0) is 9.53 Å². The zero-order valence-electron chi connectivity index (χ0n) is 23.4. The molecule has 1 aliphatic heterocycles. The summed E-state index contributed by atoms with van der Waals surface area (Å²) in [6.07, 6.45) is 2.81. The van der Waals surface area contributed by atoms with E-state index in [1.54, 1.807) is 29.0 Å². The maximum atomic E-state index is 13.6. The number of thiophene rings is 2. The summed E-state index contributed by atoms with van der Waals surface area (Å²) in [6.45, 7) is 4.46. The van der Waals surface area contributed by atoms with Crippen LogP contribution in [0.5, 0.6) is 0 Å². The number of alkyl carbamates (subject to hydrolysis) is 1. The Morgan fingerprint density at radius 1 is 1.00 bits per heavy atom. The van der Waals surface area contributed by atoms with Crippen molar-refractivity contribution in [3.05, 3.63) is 59.3 Å². The Morgan fingerprint density at radius 2 is 1.69 bits per heavy atom. The Kier molecular flexibility index (Phi) is 6.70. The fourth-order valence-corrected chi connectivity index (χ4v) is 8.42. The van der Waals surface area contributed by atoms with Crippen LogP contribution in [0.3, 0.4) is 0 Å². The number of benzene rings is 2. The Hall–Kier alpha value is -4.22. The summed E-state index contributed by atoms with van der Waals surface area (Å²) < 4.78 is 7.24. The number of nitrogens with one attached hydrogen (secondary N) is 3. The molecular formula is C31H30N6O3S2. The van der Waals surface area contributed by atoms with Crippen LogP contribution in [0.2, 0.25) is 0 Å². The number of para-hydroxylation sites is 2. The highest BCUT2D eigenvalue weighted by atomic mass is 32.1. The topological polar surface area (TPSA) is 116 Å². The second kappa shape index (κ2) is 10.6. The minimum Gasteiger partial charge on any atom is -0.453 e. The van der Waals surface area contributed by atoms with E-state index in [-0.39, 0.29) is 17.9 Å². The molecule has 2 aromatic carbocycles. The summed E-state index contributed by atoms with van der Waals surface area (Å²) in [5, 5.41) is 7.16. The third-order valence-corrected chi connectivity index (χ3v) is 10.2. The molecule has 7 rings (SSSR count). The highest BCUT2D eigenvalue weighted by molar-refractivity contribution is 7.27. The van der Waals surface area contributed by atoms with Crippen molar-refractivity contribution in [2.24, 2.45) is 5.92 Å². The second-order valence-electron chi connectivity index (χ2n) is 10.9. The van der Waals surface area contributed by atoms with E-state index in [4.69, 9.17) is 9.72 Å². The molecule has 5 heterocycles. The molecule has 0 radical (unpaired) electrons. The number of likely N-dealkylation sites (tertiary alicyclic amines) is 1. The van der Waals surface area contributed by atoms with Crippen molar-refractivity contribution < 1.29 is 14.3 Å². The number of hydrogen-bond acceptors (Lipinski definition) is 7. The number of carbonyl (C=O) groups is 2. The van der Waals surface area contributed by atoms with Gasteiger partial charge < -0.3 is 24.9 Å². The first kappa shape index (κ1) is 26.7. The molecule has 214 valence electrons. The summed E-state index contributed by atoms with van der Waals surface area (Å²) in [6, 6.07) is 11.6. The average molecular weight is 599 g/mol. The molecular weight excluding hydrogens is 569 g/mol. The van der Waals surface area contributed by atoms with Crippen molar-refractivity contribution in [1.82, 2.24) is 30.2 Å². The predicted octanol–water partition coefficient (Wildman–Crippen LogP) is 7.09. The SMILES string of the molecule is COC(=O)NC(C(=O)N1CCCC1c1nc2c(-c3csc4c(-c5cccc6[nH]cnc56)csc34)cccc2[nH]1)C(C)C. The molecule has 9 nitrogen and oxygen atoms in total. The minimum atomic E-state index is -0.669. The molecule has 0 spiro atoms. The first-order valence-corrected chi connectivity index (χ1v) is 15.8. The maximum absolute atomic E-state index is 13.6. The third-order valence-electron chi connectivity index (χ3n) is 8.09. The van der Waals surface area contributed by atoms with Crippen LogP contribution in [0.15, 0.2) is 53.5 Å². The molecule has 42 heavy (non-hydrogen) atoms. The fourth-order valence-electron chi connectivity index (χ4n) is 5.99. The van der Waals surface area contributed by atoms with E-state index >= 15 is 0 Å². The van der Waals surface area contributed by atoms with E-state index in [2.05, 4.69) is 55.3 Å². The molecule has 0 saturated carbocycles. The number of imidazole rings is 2. The lowest BCUT2D eigenvalue weighted by Gasteiger charge is -2.29. The van der Waals surface area contributed by atoms with Crippen molar-refractivity contribution in [3.8, 4) is 22.3 Å². The van der Waals surface area contributed by atoms with Crippen LogP contribution in [0.4, 0.5) is 4.79 Å². The van der Waals surface area contributed by atoms with Gasteiger partial charge in [0, 0.05) is 39.6 Å². The molecule has 1 aliphatic rings. The highest BCUT2D eigenvalue weighted by Crippen LogP contribution is 2.46. The largest absolute Gasteiger partial charge is 0.453 e. The molecule has 1 saturated heterocycles. The first-order chi connectivity index (χ1) is 20.4. The van der Waals surface area contributed by atoms with Crippen molar-refractivity contribution in [2.45, 2.75) is 38.8 Å². The Morgan fingerprint density at radius 3 is 2.38 bits per heavy atom. The number of amides is 2. The zero-order valence-corrected chi connectivity index (χ0v) is 25.1. The summed E-state index contributed by atoms with van der Waals surface area (Å²) in [4.78, 5) is 43.8. The molecule has 2 unspecified atom stereocenters. The molecule has 3 N–H and O–H groups in total. The number of nitrogens with zero attached hydrogens (tertiary/aromatic N) is 3. The van der Waals surface area contributed by atoms with Gasteiger partial charge in [0.15, 0.2) is 0 Å². The lowest BCUT2D eigenvalue weighted by molar-refractivity contribution is -0.135. The number of H-pyrrole nitrogens is 2. The van der Waals surface area contributed by atoms with Gasteiger partial charge in [-0.2, -0.15) is 0 Å². The predicted molar refractivity (Wildman–Crippen MR) is 168 cm³/mol. The van der Waals surface area contributed by atoms with E-state index in [1.165, 1.54) is 22.1 Å². The van der Waals surface area contributed by atoms with Gasteiger partial charge in [-0.15, -0.1) is 22.7 Å². The Labute approximate surface area is 249 Å². The van der Waals surface area contributed by atoms with Crippen LogP contribution in [0, 0.1) is 5.92 Å². The molecule has 2 atom stereocenters. The number of aromatic amines is 2. The number of ether oxygens (including phenoxy) is 1. The van der Waals surface area contributed by atoms with Gasteiger partial charge in [-0.05, 0) is 30.9 Å². The smallest absolute Gasteiger partial charge is 0.407 e. The number of aromatic nitrogens is 4. The second-order valence-corrected chi connectivity index (χ2v) is 12.7. The van der Waals surface area contributed by atoms with Crippen molar-refractivity contribution >= 4 is 66.1 Å². The molecule has 4 aromatic heterocycles. The number of carbonyl (C=O) groups excluding carboxylic acids is 2. The first-order valence-electron chi connectivity index (χ1n) is 14.0. The van der Waals surface area contributed by atoms with Crippen LogP contribution < -0.4 is 5.32 Å². The van der Waals surface area contributed by atoms with Gasteiger partial charge in [-0.1, -0.05) is 38.1 Å². The van der Waals surface area contributed by atoms with E-state index in [9.17, 15) is 9.59 Å². The van der Waals surface area contributed by atoms with E-state index in [0.717, 1.165) is 57.4 Å². The number of rotatable bonds is 6. The molecule has 1 fully saturated rings. The summed E-state index contributed by atoms with van der Waals surface area (Å²) >= 11 is 3.48. The van der Waals surface area contributed by atoms with Crippen LogP contribution in [0.1, 0.15) is 38.6 Å². The van der Waals surface area contributed by atoms with Crippen molar-refractivity contribution in [1.29, 1.82) is 0 Å². The monoisotopic (exact) mass is 598 g/mol. The molecule has 0 aliphatic carbocycles. The Bertz CT molecular complexity index is 1950. The molecule has 2 amide bonds.